The fourth-order valence-electron chi connectivity index (χ4n) is 3.85. The fourth-order valence-corrected chi connectivity index (χ4v) is 3.85. The Bertz CT molecular complexity index is 962. The number of rotatable bonds is 6. The first kappa shape index (κ1) is 20.6. The smallest absolute Gasteiger partial charge is 0.205 e. The van der Waals surface area contributed by atoms with Gasteiger partial charge in [0, 0.05) is 5.69 Å². The van der Waals surface area contributed by atoms with Gasteiger partial charge in [-0.3, -0.25) is 9.59 Å². The van der Waals surface area contributed by atoms with Gasteiger partial charge in [-0.1, -0.05) is 29.8 Å². The van der Waals surface area contributed by atoms with Crippen LogP contribution in [0.25, 0.3) is 0 Å². The molecule has 0 radical (unpaired) electrons. The van der Waals surface area contributed by atoms with Crippen LogP contribution in [0.1, 0.15) is 37.4 Å². The second kappa shape index (κ2) is 7.72. The van der Waals surface area contributed by atoms with E-state index >= 15 is 0 Å². The van der Waals surface area contributed by atoms with E-state index in [-0.39, 0.29) is 23.6 Å². The molecule has 2 N–H and O–H groups in total. The number of anilines is 1. The Balaban J connectivity index is 2.25. The average Bonchev–Trinajstić information content (AvgIpc) is 2.89. The van der Waals surface area contributed by atoms with Crippen molar-refractivity contribution in [2.75, 3.05) is 12.0 Å². The fraction of sp³-hybridized carbons (Fsp3) is 0.304. The minimum absolute atomic E-state index is 0.0690. The van der Waals surface area contributed by atoms with E-state index in [2.05, 4.69) is 0 Å². The summed E-state index contributed by atoms with van der Waals surface area (Å²) in [5.74, 6) is -0.527. The molecule has 29 heavy (non-hydrogen) atoms. The largest absolute Gasteiger partial charge is 0.507 e. The Morgan fingerprint density at radius 1 is 1.07 bits per heavy atom. The van der Waals surface area contributed by atoms with E-state index in [9.17, 15) is 19.8 Å². The number of ether oxygens (including phenoxy) is 1. The molecule has 0 saturated carbocycles. The highest BCUT2D eigenvalue weighted by Gasteiger charge is 2.54. The molecule has 0 bridgehead atoms. The second-order valence-electron chi connectivity index (χ2n) is 7.40. The maximum Gasteiger partial charge on any atom is 0.205 e. The third-order valence-electron chi connectivity index (χ3n) is 5.18. The number of ketones is 2. The maximum atomic E-state index is 12.5. The summed E-state index contributed by atoms with van der Waals surface area (Å²) in [7, 11) is 1.56. The Labute approximate surface area is 170 Å². The van der Waals surface area contributed by atoms with E-state index in [1.807, 2.05) is 19.1 Å². The number of hydrogen-bond donors (Lipinski definition) is 2. The number of nitrogens with zero attached hydrogens (tertiary/aromatic N) is 1. The molecule has 1 aliphatic heterocycles. The van der Waals surface area contributed by atoms with Gasteiger partial charge in [0.05, 0.1) is 25.1 Å². The summed E-state index contributed by atoms with van der Waals surface area (Å²) < 4.78 is 5.21. The third-order valence-corrected chi connectivity index (χ3v) is 5.18. The van der Waals surface area contributed by atoms with Gasteiger partial charge in [0.1, 0.15) is 11.5 Å². The first-order valence-electron chi connectivity index (χ1n) is 9.35. The van der Waals surface area contributed by atoms with Crippen LogP contribution in [0, 0.1) is 6.92 Å². The van der Waals surface area contributed by atoms with Crippen molar-refractivity contribution in [3.63, 3.8) is 0 Å². The minimum atomic E-state index is -2.02. The number of aliphatic hydroxyl groups excluding tert-OH is 1. The number of carbonyl (C=O) groups excluding carboxylic acids is 2. The summed E-state index contributed by atoms with van der Waals surface area (Å²) in [6.45, 7) is 4.62. The van der Waals surface area contributed by atoms with E-state index in [1.165, 1.54) is 13.8 Å². The summed E-state index contributed by atoms with van der Waals surface area (Å²) in [6.07, 6.45) is -0.351. The van der Waals surface area contributed by atoms with Gasteiger partial charge in [-0.05, 0) is 50.6 Å². The summed E-state index contributed by atoms with van der Waals surface area (Å²) in [6, 6.07) is 13.6. The Kier molecular flexibility index (Phi) is 5.48. The Hall–Kier alpha value is -3.12. The lowest BCUT2D eigenvalue weighted by Gasteiger charge is -2.39. The lowest BCUT2D eigenvalue weighted by atomic mass is 9.96. The second-order valence-corrected chi connectivity index (χ2v) is 7.40. The van der Waals surface area contributed by atoms with Gasteiger partial charge < -0.3 is 19.8 Å². The molecule has 0 spiro atoms. The summed E-state index contributed by atoms with van der Waals surface area (Å²) in [4.78, 5) is 26.0. The van der Waals surface area contributed by atoms with E-state index in [0.717, 1.165) is 5.56 Å². The third kappa shape index (κ3) is 3.63. The van der Waals surface area contributed by atoms with Crippen LogP contribution in [0.15, 0.2) is 59.9 Å². The first-order chi connectivity index (χ1) is 13.7. The molecule has 1 heterocycles. The Morgan fingerprint density at radius 2 is 1.66 bits per heavy atom. The van der Waals surface area contributed by atoms with Gasteiger partial charge in [-0.2, -0.15) is 0 Å². The number of hydrogen-bond acceptors (Lipinski definition) is 6. The number of methoxy groups -OCH3 is 1. The van der Waals surface area contributed by atoms with Crippen molar-refractivity contribution < 1.29 is 24.5 Å². The van der Waals surface area contributed by atoms with Crippen molar-refractivity contribution in [3.8, 4) is 5.75 Å². The van der Waals surface area contributed by atoms with Gasteiger partial charge in [0.25, 0.3) is 0 Å². The predicted molar refractivity (Wildman–Crippen MR) is 110 cm³/mol. The molecule has 0 saturated heterocycles. The molecular weight excluding hydrogens is 370 g/mol. The van der Waals surface area contributed by atoms with E-state index in [4.69, 9.17) is 4.74 Å². The molecule has 2 atom stereocenters. The van der Waals surface area contributed by atoms with Gasteiger partial charge in [-0.25, -0.2) is 0 Å². The SMILES string of the molecule is COc1ccc([C@@H]2C(C(C)=O)=C(O)[C@@](O)(CC(C)=O)N2c2ccc(C)cc2)cc1. The number of aliphatic hydroxyl groups is 2. The van der Waals surface area contributed by atoms with E-state index in [0.29, 0.717) is 17.0 Å². The van der Waals surface area contributed by atoms with Crippen LogP contribution in [0.3, 0.4) is 0 Å². The normalized spacial score (nSPS) is 21.4. The molecule has 0 unspecified atom stereocenters. The highest BCUT2D eigenvalue weighted by Crippen LogP contribution is 2.49. The zero-order valence-corrected chi connectivity index (χ0v) is 17.0. The zero-order valence-electron chi connectivity index (χ0n) is 17.0. The molecule has 0 fully saturated rings. The van der Waals surface area contributed by atoms with Crippen molar-refractivity contribution in [1.29, 1.82) is 0 Å². The molecule has 152 valence electrons. The molecular formula is C23H25NO5. The van der Waals surface area contributed by atoms with Gasteiger partial charge in [0.15, 0.2) is 11.5 Å². The van der Waals surface area contributed by atoms with Gasteiger partial charge in [-0.15, -0.1) is 0 Å². The number of benzene rings is 2. The Morgan fingerprint density at radius 3 is 2.14 bits per heavy atom. The first-order valence-corrected chi connectivity index (χ1v) is 9.35. The molecule has 2 aromatic rings. The summed E-state index contributed by atoms with van der Waals surface area (Å²) in [5.41, 5.74) is 0.338. The van der Waals surface area contributed by atoms with Crippen molar-refractivity contribution in [2.24, 2.45) is 0 Å². The molecule has 6 nitrogen and oxygen atoms in total. The number of Topliss-reactive ketones (excluding diaryl/α,β-unsaturated/α-hetero) is 2. The van der Waals surface area contributed by atoms with Crippen molar-refractivity contribution in [1.82, 2.24) is 0 Å². The molecule has 1 aliphatic rings. The molecule has 6 heteroatoms. The van der Waals surface area contributed by atoms with Crippen LogP contribution >= 0.6 is 0 Å². The molecule has 0 aromatic heterocycles. The molecule has 3 rings (SSSR count). The molecule has 0 amide bonds. The standard InChI is InChI=1S/C23H25NO5/c1-14-5-9-18(10-6-14)24-21(17-7-11-19(29-4)12-8-17)20(16(3)26)22(27)23(24,28)13-15(2)25/h5-12,21,27-28H,13H2,1-4H3/t21-,23+/m1/s1. The molecule has 0 aliphatic carbocycles. The van der Waals surface area contributed by atoms with Gasteiger partial charge in [0.2, 0.25) is 5.72 Å². The van der Waals surface area contributed by atoms with Crippen molar-refractivity contribution in [2.45, 2.75) is 39.0 Å². The van der Waals surface area contributed by atoms with E-state index in [1.54, 1.807) is 48.4 Å². The molecule has 2 aromatic carbocycles. The predicted octanol–water partition coefficient (Wildman–Crippen LogP) is 3.63. The van der Waals surface area contributed by atoms with Crippen LogP contribution in [0.2, 0.25) is 0 Å². The van der Waals surface area contributed by atoms with E-state index < -0.39 is 17.5 Å². The summed E-state index contributed by atoms with van der Waals surface area (Å²) in [5, 5.41) is 22.4. The van der Waals surface area contributed by atoms with Crippen molar-refractivity contribution >= 4 is 17.3 Å². The quantitative estimate of drug-likeness (QED) is 0.777. The monoisotopic (exact) mass is 395 g/mol. The van der Waals surface area contributed by atoms with Crippen LogP contribution in [0.5, 0.6) is 5.75 Å². The lowest BCUT2D eigenvalue weighted by Crippen LogP contribution is -2.49. The zero-order chi connectivity index (χ0) is 21.3. The highest BCUT2D eigenvalue weighted by molar-refractivity contribution is 5.98. The lowest BCUT2D eigenvalue weighted by molar-refractivity contribution is -0.121. The van der Waals surface area contributed by atoms with Crippen LogP contribution in [-0.4, -0.2) is 34.6 Å². The average molecular weight is 395 g/mol. The minimum Gasteiger partial charge on any atom is -0.507 e. The van der Waals surface area contributed by atoms with Crippen LogP contribution < -0.4 is 9.64 Å². The summed E-state index contributed by atoms with van der Waals surface area (Å²) >= 11 is 0. The van der Waals surface area contributed by atoms with Crippen LogP contribution in [-0.2, 0) is 9.59 Å². The number of aryl methyl sites for hydroxylation is 1. The highest BCUT2D eigenvalue weighted by atomic mass is 16.5. The van der Waals surface area contributed by atoms with Crippen LogP contribution in [0.4, 0.5) is 5.69 Å². The maximum absolute atomic E-state index is 12.5. The topological polar surface area (TPSA) is 87.1 Å². The van der Waals surface area contributed by atoms with Gasteiger partial charge >= 0.3 is 0 Å². The van der Waals surface area contributed by atoms with Crippen molar-refractivity contribution in [3.05, 3.63) is 71.0 Å². The number of carbonyl (C=O) groups is 2.